The minimum absolute atomic E-state index is 0.180. The second-order valence-corrected chi connectivity index (χ2v) is 5.37. The summed E-state index contributed by atoms with van der Waals surface area (Å²) in [6.45, 7) is 6.17. The fourth-order valence-corrected chi connectivity index (χ4v) is 2.91. The van der Waals surface area contributed by atoms with Gasteiger partial charge in [-0.25, -0.2) is 0 Å². The lowest BCUT2D eigenvalue weighted by Gasteiger charge is -2.32. The summed E-state index contributed by atoms with van der Waals surface area (Å²) in [7, 11) is 1.72. The van der Waals surface area contributed by atoms with Crippen LogP contribution in [-0.2, 0) is 0 Å². The predicted molar refractivity (Wildman–Crippen MR) is 72.8 cm³/mol. The maximum Gasteiger partial charge on any atom is 0.123 e. The molecule has 2 atom stereocenters. The van der Waals surface area contributed by atoms with Gasteiger partial charge in [-0.2, -0.15) is 0 Å². The first kappa shape index (κ1) is 13.4. The van der Waals surface area contributed by atoms with E-state index in [9.17, 15) is 5.11 Å². The Balaban J connectivity index is 2.29. The minimum atomic E-state index is -0.180. The van der Waals surface area contributed by atoms with E-state index < -0.39 is 0 Å². The van der Waals surface area contributed by atoms with E-state index in [1.807, 2.05) is 12.1 Å². The Morgan fingerprint density at radius 1 is 1.33 bits per heavy atom. The molecule has 1 aliphatic rings. The molecule has 0 amide bonds. The Morgan fingerprint density at radius 3 is 2.61 bits per heavy atom. The molecule has 1 fully saturated rings. The molecule has 0 spiro atoms. The SMILES string of the molecule is COc1ccccc1C(C(C)C)N1CCC(O)C1. The number of hydrogen-bond donors (Lipinski definition) is 1. The van der Waals surface area contributed by atoms with Gasteiger partial charge in [-0.15, -0.1) is 0 Å². The van der Waals surface area contributed by atoms with Crippen molar-refractivity contribution in [1.29, 1.82) is 0 Å². The zero-order chi connectivity index (χ0) is 13.1. The predicted octanol–water partition coefficient (Wildman–Crippen LogP) is 2.46. The number of benzene rings is 1. The van der Waals surface area contributed by atoms with E-state index in [1.165, 1.54) is 5.56 Å². The monoisotopic (exact) mass is 249 g/mol. The first-order valence-corrected chi connectivity index (χ1v) is 6.68. The topological polar surface area (TPSA) is 32.7 Å². The van der Waals surface area contributed by atoms with Crippen LogP contribution in [0.25, 0.3) is 0 Å². The zero-order valence-electron chi connectivity index (χ0n) is 11.5. The lowest BCUT2D eigenvalue weighted by Crippen LogP contribution is -2.31. The highest BCUT2D eigenvalue weighted by Crippen LogP contribution is 2.36. The molecule has 1 aromatic rings. The molecule has 3 heteroatoms. The second kappa shape index (κ2) is 5.72. The summed E-state index contributed by atoms with van der Waals surface area (Å²) < 4.78 is 5.47. The van der Waals surface area contributed by atoms with Gasteiger partial charge in [-0.1, -0.05) is 32.0 Å². The van der Waals surface area contributed by atoms with Crippen molar-refractivity contribution < 1.29 is 9.84 Å². The summed E-state index contributed by atoms with van der Waals surface area (Å²) in [4.78, 5) is 2.37. The van der Waals surface area contributed by atoms with E-state index >= 15 is 0 Å². The second-order valence-electron chi connectivity index (χ2n) is 5.37. The van der Waals surface area contributed by atoms with Crippen LogP contribution in [-0.4, -0.2) is 36.3 Å². The van der Waals surface area contributed by atoms with Gasteiger partial charge in [0, 0.05) is 24.7 Å². The Hall–Kier alpha value is -1.06. The third kappa shape index (κ3) is 2.68. The van der Waals surface area contributed by atoms with Crippen molar-refractivity contribution in [2.75, 3.05) is 20.2 Å². The van der Waals surface area contributed by atoms with Crippen LogP contribution in [0.5, 0.6) is 5.75 Å². The molecular weight excluding hydrogens is 226 g/mol. The van der Waals surface area contributed by atoms with Crippen molar-refractivity contribution in [3.05, 3.63) is 29.8 Å². The van der Waals surface area contributed by atoms with Gasteiger partial charge in [0.1, 0.15) is 5.75 Å². The molecule has 1 aromatic carbocycles. The fraction of sp³-hybridized carbons (Fsp3) is 0.600. The molecule has 1 N–H and O–H groups in total. The summed E-state index contributed by atoms with van der Waals surface area (Å²) in [6.07, 6.45) is 0.694. The number of aliphatic hydroxyl groups is 1. The van der Waals surface area contributed by atoms with Gasteiger partial charge in [0.15, 0.2) is 0 Å². The molecule has 2 unspecified atom stereocenters. The summed E-state index contributed by atoms with van der Waals surface area (Å²) in [5.41, 5.74) is 1.23. The van der Waals surface area contributed by atoms with Crippen molar-refractivity contribution in [2.24, 2.45) is 5.92 Å². The molecule has 1 aliphatic heterocycles. The molecule has 3 nitrogen and oxygen atoms in total. The number of para-hydroxylation sites is 1. The van der Waals surface area contributed by atoms with Gasteiger partial charge >= 0.3 is 0 Å². The number of rotatable bonds is 4. The Kier molecular flexibility index (Phi) is 4.25. The summed E-state index contributed by atoms with van der Waals surface area (Å²) in [5.74, 6) is 1.43. The molecule has 0 aromatic heterocycles. The van der Waals surface area contributed by atoms with Crippen LogP contribution in [0, 0.1) is 5.92 Å². The van der Waals surface area contributed by atoms with Gasteiger partial charge < -0.3 is 9.84 Å². The molecule has 0 saturated carbocycles. The van der Waals surface area contributed by atoms with Crippen LogP contribution >= 0.6 is 0 Å². The Morgan fingerprint density at radius 2 is 2.06 bits per heavy atom. The smallest absolute Gasteiger partial charge is 0.123 e. The standard InChI is InChI=1S/C15H23NO2/c1-11(2)15(16-9-8-12(17)10-16)13-6-4-5-7-14(13)18-3/h4-7,11-12,15,17H,8-10H2,1-3H3. The van der Waals surface area contributed by atoms with Crippen LogP contribution in [0.1, 0.15) is 31.9 Å². The summed E-state index contributed by atoms with van der Waals surface area (Å²) in [6, 6.07) is 8.52. The van der Waals surface area contributed by atoms with Crippen molar-refractivity contribution in [1.82, 2.24) is 4.90 Å². The molecule has 1 heterocycles. The van der Waals surface area contributed by atoms with E-state index in [2.05, 4.69) is 30.9 Å². The molecule has 1 saturated heterocycles. The highest BCUT2D eigenvalue weighted by atomic mass is 16.5. The molecular formula is C15H23NO2. The van der Waals surface area contributed by atoms with Gasteiger partial charge in [0.05, 0.1) is 13.2 Å². The number of likely N-dealkylation sites (tertiary alicyclic amines) is 1. The molecule has 2 rings (SSSR count). The minimum Gasteiger partial charge on any atom is -0.496 e. The lowest BCUT2D eigenvalue weighted by atomic mass is 9.94. The number of aliphatic hydroxyl groups excluding tert-OH is 1. The number of β-amino-alcohol motifs (C(OH)–C–C–N with tert-alkyl or cyclic N) is 1. The number of nitrogens with zero attached hydrogens (tertiary/aromatic N) is 1. The first-order chi connectivity index (χ1) is 8.63. The van der Waals surface area contributed by atoms with Crippen molar-refractivity contribution in [3.63, 3.8) is 0 Å². The van der Waals surface area contributed by atoms with Crippen molar-refractivity contribution in [3.8, 4) is 5.75 Å². The van der Waals surface area contributed by atoms with Crippen LogP contribution in [0.4, 0.5) is 0 Å². The van der Waals surface area contributed by atoms with E-state index in [0.717, 1.165) is 25.3 Å². The highest BCUT2D eigenvalue weighted by molar-refractivity contribution is 5.36. The maximum atomic E-state index is 9.73. The van der Waals surface area contributed by atoms with Crippen LogP contribution in [0.2, 0.25) is 0 Å². The maximum absolute atomic E-state index is 9.73. The van der Waals surface area contributed by atoms with Crippen LogP contribution in [0.15, 0.2) is 24.3 Å². The normalized spacial score (nSPS) is 22.4. The van der Waals surface area contributed by atoms with Crippen LogP contribution < -0.4 is 4.74 Å². The van der Waals surface area contributed by atoms with Gasteiger partial charge in [-0.3, -0.25) is 4.90 Å². The number of hydrogen-bond acceptors (Lipinski definition) is 3. The largest absolute Gasteiger partial charge is 0.496 e. The Labute approximate surface area is 109 Å². The third-order valence-electron chi connectivity index (χ3n) is 3.68. The first-order valence-electron chi connectivity index (χ1n) is 6.68. The van der Waals surface area contributed by atoms with Crippen LogP contribution in [0.3, 0.4) is 0 Å². The van der Waals surface area contributed by atoms with Crippen molar-refractivity contribution >= 4 is 0 Å². The fourth-order valence-electron chi connectivity index (χ4n) is 2.91. The molecule has 0 aliphatic carbocycles. The molecule has 0 radical (unpaired) electrons. The van der Waals surface area contributed by atoms with E-state index in [-0.39, 0.29) is 6.10 Å². The van der Waals surface area contributed by atoms with E-state index in [1.54, 1.807) is 7.11 Å². The molecule has 100 valence electrons. The van der Waals surface area contributed by atoms with E-state index in [0.29, 0.717) is 12.0 Å². The third-order valence-corrected chi connectivity index (χ3v) is 3.68. The summed E-state index contributed by atoms with van der Waals surface area (Å²) in [5, 5.41) is 9.73. The molecule has 0 bridgehead atoms. The van der Waals surface area contributed by atoms with E-state index in [4.69, 9.17) is 4.74 Å². The zero-order valence-corrected chi connectivity index (χ0v) is 11.5. The average Bonchev–Trinajstić information content (AvgIpc) is 2.76. The highest BCUT2D eigenvalue weighted by Gasteiger charge is 2.31. The quantitative estimate of drug-likeness (QED) is 0.889. The van der Waals surface area contributed by atoms with Gasteiger partial charge in [0.2, 0.25) is 0 Å². The molecule has 18 heavy (non-hydrogen) atoms. The summed E-state index contributed by atoms with van der Waals surface area (Å²) >= 11 is 0. The van der Waals surface area contributed by atoms with Gasteiger partial charge in [0.25, 0.3) is 0 Å². The van der Waals surface area contributed by atoms with Gasteiger partial charge in [-0.05, 0) is 18.4 Å². The lowest BCUT2D eigenvalue weighted by molar-refractivity contribution is 0.140. The number of ether oxygens (including phenoxy) is 1. The van der Waals surface area contributed by atoms with Crippen molar-refractivity contribution in [2.45, 2.75) is 32.4 Å². The number of methoxy groups -OCH3 is 1. The average molecular weight is 249 g/mol. The Bertz CT molecular complexity index is 392.